The number of hydrogen-bond donors (Lipinski definition) is 1. The van der Waals surface area contributed by atoms with E-state index < -0.39 is 17.5 Å². The molecule has 0 aliphatic rings. The van der Waals surface area contributed by atoms with Crippen LogP contribution in [0.25, 0.3) is 6.08 Å². The third kappa shape index (κ3) is 2.90. The van der Waals surface area contributed by atoms with Gasteiger partial charge in [0, 0.05) is 11.6 Å². The summed E-state index contributed by atoms with van der Waals surface area (Å²) in [5, 5.41) is 6.22. The molecule has 1 amide bonds. The zero-order valence-corrected chi connectivity index (χ0v) is 10.9. The Labute approximate surface area is 114 Å². The highest BCUT2D eigenvalue weighted by molar-refractivity contribution is 6.02. The quantitative estimate of drug-likeness (QED) is 0.877. The van der Waals surface area contributed by atoms with Crippen molar-refractivity contribution in [2.45, 2.75) is 13.8 Å². The first-order valence-electron chi connectivity index (χ1n) is 5.85. The van der Waals surface area contributed by atoms with Crippen molar-refractivity contribution in [3.05, 3.63) is 52.9 Å². The van der Waals surface area contributed by atoms with Gasteiger partial charge in [0.05, 0.1) is 0 Å². The van der Waals surface area contributed by atoms with E-state index in [1.165, 1.54) is 6.07 Å². The van der Waals surface area contributed by atoms with Crippen LogP contribution < -0.4 is 5.32 Å². The summed E-state index contributed by atoms with van der Waals surface area (Å²) in [6, 6.07) is 3.50. The smallest absolute Gasteiger partial charge is 0.248 e. The van der Waals surface area contributed by atoms with Crippen LogP contribution in [0.2, 0.25) is 0 Å². The molecule has 2 aromatic rings. The van der Waals surface area contributed by atoms with E-state index >= 15 is 0 Å². The van der Waals surface area contributed by atoms with Crippen LogP contribution in [0.1, 0.15) is 17.0 Å². The van der Waals surface area contributed by atoms with E-state index in [1.807, 2.05) is 0 Å². The fourth-order valence-electron chi connectivity index (χ4n) is 1.66. The lowest BCUT2D eigenvalue weighted by Gasteiger charge is -2.01. The standard InChI is InChI=1S/C14H12F2N2O2/c1-8-14(9(2)20-18-8)17-13(19)7-6-10-11(15)4-3-5-12(10)16/h3-7H,1-2H3,(H,17,19)/b7-6-. The maximum Gasteiger partial charge on any atom is 0.248 e. The number of hydrogen-bond acceptors (Lipinski definition) is 3. The van der Waals surface area contributed by atoms with E-state index in [2.05, 4.69) is 10.5 Å². The minimum Gasteiger partial charge on any atom is -0.359 e. The molecule has 4 nitrogen and oxygen atoms in total. The molecule has 1 N–H and O–H groups in total. The number of carbonyl (C=O) groups excluding carboxylic acids is 1. The molecule has 0 saturated heterocycles. The molecule has 0 unspecified atom stereocenters. The molecule has 0 spiro atoms. The van der Waals surface area contributed by atoms with E-state index in [-0.39, 0.29) is 5.56 Å². The maximum absolute atomic E-state index is 13.4. The molecule has 2 rings (SSSR count). The molecule has 6 heteroatoms. The fraction of sp³-hybridized carbons (Fsp3) is 0.143. The van der Waals surface area contributed by atoms with Gasteiger partial charge in [-0.3, -0.25) is 4.79 Å². The number of anilines is 1. The van der Waals surface area contributed by atoms with Crippen LogP contribution in [0.15, 0.2) is 28.8 Å². The van der Waals surface area contributed by atoms with Gasteiger partial charge in [-0.25, -0.2) is 8.78 Å². The van der Waals surface area contributed by atoms with Gasteiger partial charge in [0.25, 0.3) is 0 Å². The van der Waals surface area contributed by atoms with Crippen molar-refractivity contribution in [3.63, 3.8) is 0 Å². The summed E-state index contributed by atoms with van der Waals surface area (Å²) in [5.74, 6) is -1.53. The highest BCUT2D eigenvalue weighted by atomic mass is 19.1. The summed E-state index contributed by atoms with van der Waals surface area (Å²) in [4.78, 5) is 11.7. The SMILES string of the molecule is Cc1noc(C)c1NC(=O)/C=C\c1c(F)cccc1F. The number of benzene rings is 1. The van der Waals surface area contributed by atoms with Crippen molar-refractivity contribution in [1.82, 2.24) is 5.16 Å². The lowest BCUT2D eigenvalue weighted by atomic mass is 10.2. The summed E-state index contributed by atoms with van der Waals surface area (Å²) in [5.41, 5.74) is 0.719. The Kier molecular flexibility index (Phi) is 3.93. The van der Waals surface area contributed by atoms with Crippen LogP contribution >= 0.6 is 0 Å². The molecular weight excluding hydrogens is 266 g/mol. The Morgan fingerprint density at radius 2 is 1.95 bits per heavy atom. The Balaban J connectivity index is 2.14. The Morgan fingerprint density at radius 3 is 2.50 bits per heavy atom. The third-order valence-corrected chi connectivity index (χ3v) is 2.68. The van der Waals surface area contributed by atoms with Gasteiger partial charge < -0.3 is 9.84 Å². The molecule has 0 atom stereocenters. The van der Waals surface area contributed by atoms with Gasteiger partial charge in [-0.2, -0.15) is 0 Å². The molecule has 0 bridgehead atoms. The topological polar surface area (TPSA) is 55.1 Å². The van der Waals surface area contributed by atoms with Gasteiger partial charge >= 0.3 is 0 Å². The monoisotopic (exact) mass is 278 g/mol. The Bertz CT molecular complexity index is 638. The summed E-state index contributed by atoms with van der Waals surface area (Å²) in [7, 11) is 0. The maximum atomic E-state index is 13.4. The van der Waals surface area contributed by atoms with Gasteiger partial charge in [-0.05, 0) is 32.1 Å². The van der Waals surface area contributed by atoms with E-state index in [9.17, 15) is 13.6 Å². The average molecular weight is 278 g/mol. The van der Waals surface area contributed by atoms with Gasteiger partial charge in [0.1, 0.15) is 23.0 Å². The van der Waals surface area contributed by atoms with Crippen LogP contribution in [-0.2, 0) is 4.79 Å². The van der Waals surface area contributed by atoms with Crippen LogP contribution in [0, 0.1) is 25.5 Å². The molecule has 0 saturated carbocycles. The van der Waals surface area contributed by atoms with E-state index in [4.69, 9.17) is 4.52 Å². The van der Waals surface area contributed by atoms with Crippen molar-refractivity contribution in [2.24, 2.45) is 0 Å². The first kappa shape index (κ1) is 13.9. The van der Waals surface area contributed by atoms with Crippen LogP contribution in [-0.4, -0.2) is 11.1 Å². The molecular formula is C14H12F2N2O2. The van der Waals surface area contributed by atoms with Crippen molar-refractivity contribution in [3.8, 4) is 0 Å². The van der Waals surface area contributed by atoms with Crippen molar-refractivity contribution < 1.29 is 18.1 Å². The second kappa shape index (κ2) is 5.64. The zero-order valence-electron chi connectivity index (χ0n) is 10.9. The number of amides is 1. The lowest BCUT2D eigenvalue weighted by molar-refractivity contribution is -0.111. The minimum atomic E-state index is -0.730. The van der Waals surface area contributed by atoms with Crippen LogP contribution in [0.4, 0.5) is 14.5 Å². The summed E-state index contributed by atoms with van der Waals surface area (Å²) >= 11 is 0. The fourth-order valence-corrected chi connectivity index (χ4v) is 1.66. The average Bonchev–Trinajstić information content (AvgIpc) is 2.70. The minimum absolute atomic E-state index is 0.263. The number of nitrogens with one attached hydrogen (secondary N) is 1. The summed E-state index contributed by atoms with van der Waals surface area (Å²) in [6.07, 6.45) is 2.13. The molecule has 1 aromatic heterocycles. The number of carbonyl (C=O) groups is 1. The van der Waals surface area contributed by atoms with Gasteiger partial charge in [-0.1, -0.05) is 11.2 Å². The van der Waals surface area contributed by atoms with Crippen molar-refractivity contribution >= 4 is 17.7 Å². The largest absolute Gasteiger partial charge is 0.359 e. The molecule has 0 radical (unpaired) electrons. The Morgan fingerprint density at radius 1 is 1.30 bits per heavy atom. The lowest BCUT2D eigenvalue weighted by Crippen LogP contribution is -2.09. The Hall–Kier alpha value is -2.50. The number of nitrogens with zero attached hydrogens (tertiary/aromatic N) is 1. The number of aryl methyl sites for hydroxylation is 2. The van der Waals surface area contributed by atoms with Gasteiger partial charge in [-0.15, -0.1) is 0 Å². The molecule has 1 aromatic carbocycles. The van der Waals surface area contributed by atoms with Gasteiger partial charge in [0.15, 0.2) is 5.76 Å². The number of aromatic nitrogens is 1. The van der Waals surface area contributed by atoms with E-state index in [0.29, 0.717) is 17.1 Å². The zero-order chi connectivity index (χ0) is 14.7. The van der Waals surface area contributed by atoms with E-state index in [1.54, 1.807) is 13.8 Å². The summed E-state index contributed by atoms with van der Waals surface area (Å²) in [6.45, 7) is 3.32. The summed E-state index contributed by atoms with van der Waals surface area (Å²) < 4.78 is 31.6. The predicted octanol–water partition coefficient (Wildman–Crippen LogP) is 3.22. The van der Waals surface area contributed by atoms with Crippen LogP contribution in [0.5, 0.6) is 0 Å². The second-order valence-corrected chi connectivity index (χ2v) is 4.16. The molecule has 0 aliphatic carbocycles. The highest BCUT2D eigenvalue weighted by Crippen LogP contribution is 2.19. The third-order valence-electron chi connectivity index (χ3n) is 2.68. The molecule has 20 heavy (non-hydrogen) atoms. The van der Waals surface area contributed by atoms with E-state index in [0.717, 1.165) is 24.3 Å². The molecule has 0 aliphatic heterocycles. The normalized spacial score (nSPS) is 11.0. The highest BCUT2D eigenvalue weighted by Gasteiger charge is 2.11. The second-order valence-electron chi connectivity index (χ2n) is 4.16. The van der Waals surface area contributed by atoms with Crippen molar-refractivity contribution in [1.29, 1.82) is 0 Å². The molecule has 104 valence electrons. The first-order chi connectivity index (χ1) is 9.49. The number of rotatable bonds is 3. The predicted molar refractivity (Wildman–Crippen MR) is 70.0 cm³/mol. The number of halogens is 2. The van der Waals surface area contributed by atoms with Gasteiger partial charge in [0.2, 0.25) is 5.91 Å². The van der Waals surface area contributed by atoms with Crippen LogP contribution in [0.3, 0.4) is 0 Å². The van der Waals surface area contributed by atoms with Crippen molar-refractivity contribution in [2.75, 3.05) is 5.32 Å². The molecule has 1 heterocycles. The first-order valence-corrected chi connectivity index (χ1v) is 5.85. The molecule has 0 fully saturated rings.